The van der Waals surface area contributed by atoms with Crippen molar-refractivity contribution in [3.8, 4) is 5.75 Å². The molecular formula is C21H20N2O4. The average Bonchev–Trinajstić information content (AvgIpc) is 3.16. The van der Waals surface area contributed by atoms with E-state index in [1.807, 2.05) is 0 Å². The minimum absolute atomic E-state index is 0.0353. The lowest BCUT2D eigenvalue weighted by Crippen LogP contribution is -2.34. The summed E-state index contributed by atoms with van der Waals surface area (Å²) >= 11 is 0. The van der Waals surface area contributed by atoms with E-state index in [9.17, 15) is 14.7 Å². The lowest BCUT2D eigenvalue weighted by molar-refractivity contribution is 0.101. The maximum Gasteiger partial charge on any atom is 0.322 e. The second kappa shape index (κ2) is 8.23. The number of carbonyl (C=O) groups excluding carboxylic acids is 2. The number of nitrogens with one attached hydrogen (secondary N) is 1. The molecule has 1 heterocycles. The number of anilines is 1. The van der Waals surface area contributed by atoms with Crippen LogP contribution in [0.2, 0.25) is 0 Å². The fourth-order valence-corrected chi connectivity index (χ4v) is 2.63. The molecule has 0 aliphatic heterocycles. The molecule has 0 aliphatic rings. The van der Waals surface area contributed by atoms with Crippen molar-refractivity contribution in [2.24, 2.45) is 0 Å². The smallest absolute Gasteiger partial charge is 0.322 e. The number of nitrogens with zero attached hydrogens (tertiary/aromatic N) is 1. The summed E-state index contributed by atoms with van der Waals surface area (Å²) in [4.78, 5) is 25.7. The van der Waals surface area contributed by atoms with Gasteiger partial charge in [0.1, 0.15) is 11.5 Å². The Morgan fingerprint density at radius 3 is 2.37 bits per heavy atom. The number of amides is 2. The maximum atomic E-state index is 12.8. The molecule has 3 aromatic rings. The van der Waals surface area contributed by atoms with E-state index in [-0.39, 0.29) is 30.7 Å². The van der Waals surface area contributed by atoms with Crippen molar-refractivity contribution in [2.75, 3.05) is 5.32 Å². The number of carbonyl (C=O) groups is 2. The fourth-order valence-electron chi connectivity index (χ4n) is 2.63. The number of urea groups is 1. The molecule has 6 heteroatoms. The van der Waals surface area contributed by atoms with E-state index in [1.54, 1.807) is 66.9 Å². The van der Waals surface area contributed by atoms with Crippen molar-refractivity contribution in [3.63, 3.8) is 0 Å². The van der Waals surface area contributed by atoms with Gasteiger partial charge in [-0.2, -0.15) is 0 Å². The number of aromatic hydroxyl groups is 1. The third-order valence-electron chi connectivity index (χ3n) is 4.11. The van der Waals surface area contributed by atoms with Gasteiger partial charge >= 0.3 is 6.03 Å². The molecule has 0 bridgehead atoms. The van der Waals surface area contributed by atoms with Crippen LogP contribution in [0.1, 0.15) is 28.6 Å². The van der Waals surface area contributed by atoms with Crippen LogP contribution in [0, 0.1) is 0 Å². The molecule has 0 atom stereocenters. The predicted molar refractivity (Wildman–Crippen MR) is 102 cm³/mol. The minimum Gasteiger partial charge on any atom is -0.508 e. The average molecular weight is 364 g/mol. The van der Waals surface area contributed by atoms with Crippen LogP contribution in [0.4, 0.5) is 10.5 Å². The standard InChI is InChI=1S/C21H20N2O4/c1-15(24)16-8-10-18(11-9-16)22-21(26)23(14-19-6-4-12-27-19)13-17-5-2-3-7-20(17)25/h2-12,25H,13-14H2,1H3,(H,22,26). The number of Topliss-reactive ketones (excluding diaryl/α,β-unsaturated/α-hetero) is 1. The molecule has 0 unspecified atom stereocenters. The van der Waals surface area contributed by atoms with E-state index in [0.29, 0.717) is 22.6 Å². The third-order valence-corrected chi connectivity index (χ3v) is 4.11. The van der Waals surface area contributed by atoms with Crippen LogP contribution in [0.15, 0.2) is 71.3 Å². The van der Waals surface area contributed by atoms with E-state index in [2.05, 4.69) is 5.32 Å². The summed E-state index contributed by atoms with van der Waals surface area (Å²) in [7, 11) is 0. The quantitative estimate of drug-likeness (QED) is 0.634. The van der Waals surface area contributed by atoms with Gasteiger partial charge in [0.25, 0.3) is 0 Å². The first-order valence-electron chi connectivity index (χ1n) is 8.49. The molecule has 2 amide bonds. The molecule has 138 valence electrons. The molecule has 0 spiro atoms. The molecule has 2 N–H and O–H groups in total. The van der Waals surface area contributed by atoms with Gasteiger partial charge in [-0.3, -0.25) is 4.79 Å². The molecule has 6 nitrogen and oxygen atoms in total. The largest absolute Gasteiger partial charge is 0.508 e. The molecule has 2 aromatic carbocycles. The predicted octanol–water partition coefficient (Wildman–Crippen LogP) is 4.42. The van der Waals surface area contributed by atoms with Gasteiger partial charge in [0, 0.05) is 16.8 Å². The van der Waals surface area contributed by atoms with Crippen LogP contribution in [-0.2, 0) is 13.1 Å². The van der Waals surface area contributed by atoms with Gasteiger partial charge in [-0.05, 0) is 49.4 Å². The summed E-state index contributed by atoms with van der Waals surface area (Å²) < 4.78 is 5.35. The first kappa shape index (κ1) is 18.3. The van der Waals surface area contributed by atoms with Crippen LogP contribution in [0.25, 0.3) is 0 Å². The number of rotatable bonds is 6. The van der Waals surface area contributed by atoms with Gasteiger partial charge in [-0.15, -0.1) is 0 Å². The van der Waals surface area contributed by atoms with Crippen LogP contribution >= 0.6 is 0 Å². The first-order chi connectivity index (χ1) is 13.0. The summed E-state index contributed by atoms with van der Waals surface area (Å²) in [6, 6.07) is 16.8. The molecule has 0 saturated carbocycles. The number of ketones is 1. The van der Waals surface area contributed by atoms with E-state index in [1.165, 1.54) is 11.8 Å². The molecule has 0 fully saturated rings. The highest BCUT2D eigenvalue weighted by molar-refractivity contribution is 5.95. The second-order valence-electron chi connectivity index (χ2n) is 6.13. The van der Waals surface area contributed by atoms with Gasteiger partial charge in [-0.1, -0.05) is 18.2 Å². The van der Waals surface area contributed by atoms with Crippen molar-refractivity contribution in [1.29, 1.82) is 0 Å². The van der Waals surface area contributed by atoms with Crippen LogP contribution < -0.4 is 5.32 Å². The summed E-state index contributed by atoms with van der Waals surface area (Å²) in [6.45, 7) is 1.95. The van der Waals surface area contributed by atoms with E-state index in [0.717, 1.165) is 0 Å². The van der Waals surface area contributed by atoms with Crippen LogP contribution in [-0.4, -0.2) is 21.8 Å². The fraction of sp³-hybridized carbons (Fsp3) is 0.143. The lowest BCUT2D eigenvalue weighted by Gasteiger charge is -2.23. The summed E-state index contributed by atoms with van der Waals surface area (Å²) in [6.07, 6.45) is 1.55. The molecule has 0 saturated heterocycles. The Hall–Kier alpha value is -3.54. The Labute approximate surface area is 157 Å². The number of para-hydroxylation sites is 1. The number of furan rings is 1. The van der Waals surface area contributed by atoms with E-state index < -0.39 is 0 Å². The Bertz CT molecular complexity index is 918. The number of phenols is 1. The number of phenolic OH excluding ortho intramolecular Hbond substituents is 1. The second-order valence-corrected chi connectivity index (χ2v) is 6.13. The van der Waals surface area contributed by atoms with E-state index >= 15 is 0 Å². The number of hydrogen-bond acceptors (Lipinski definition) is 4. The van der Waals surface area contributed by atoms with Crippen molar-refractivity contribution in [2.45, 2.75) is 20.0 Å². The summed E-state index contributed by atoms with van der Waals surface area (Å²) in [5.74, 6) is 0.722. The van der Waals surface area contributed by atoms with Gasteiger partial charge in [0.05, 0.1) is 19.4 Å². The zero-order valence-electron chi connectivity index (χ0n) is 14.9. The maximum absolute atomic E-state index is 12.8. The van der Waals surface area contributed by atoms with Gasteiger partial charge < -0.3 is 19.7 Å². The zero-order chi connectivity index (χ0) is 19.2. The number of benzene rings is 2. The lowest BCUT2D eigenvalue weighted by atomic mass is 10.1. The molecule has 27 heavy (non-hydrogen) atoms. The molecule has 0 radical (unpaired) electrons. The van der Waals surface area contributed by atoms with Crippen molar-refractivity contribution < 1.29 is 19.1 Å². The number of hydrogen-bond donors (Lipinski definition) is 2. The molecular weight excluding hydrogens is 344 g/mol. The first-order valence-corrected chi connectivity index (χ1v) is 8.49. The minimum atomic E-state index is -0.342. The normalized spacial score (nSPS) is 10.4. The zero-order valence-corrected chi connectivity index (χ0v) is 14.9. The summed E-state index contributed by atoms with van der Waals surface area (Å²) in [5.41, 5.74) is 1.78. The molecule has 0 aliphatic carbocycles. The van der Waals surface area contributed by atoms with Gasteiger partial charge in [0.15, 0.2) is 5.78 Å². The van der Waals surface area contributed by atoms with Crippen molar-refractivity contribution in [1.82, 2.24) is 4.90 Å². The highest BCUT2D eigenvalue weighted by Gasteiger charge is 2.17. The Morgan fingerprint density at radius 2 is 1.74 bits per heavy atom. The third kappa shape index (κ3) is 4.76. The van der Waals surface area contributed by atoms with Gasteiger partial charge in [0.2, 0.25) is 0 Å². The van der Waals surface area contributed by atoms with Crippen LogP contribution in [0.5, 0.6) is 5.75 Å². The molecule has 3 rings (SSSR count). The Kier molecular flexibility index (Phi) is 5.56. The van der Waals surface area contributed by atoms with Gasteiger partial charge in [-0.25, -0.2) is 4.79 Å². The molecule has 1 aromatic heterocycles. The monoisotopic (exact) mass is 364 g/mol. The summed E-state index contributed by atoms with van der Waals surface area (Å²) in [5, 5.41) is 12.8. The topological polar surface area (TPSA) is 82.8 Å². The Balaban J connectivity index is 1.77. The van der Waals surface area contributed by atoms with Crippen molar-refractivity contribution >= 4 is 17.5 Å². The Morgan fingerprint density at radius 1 is 1.00 bits per heavy atom. The highest BCUT2D eigenvalue weighted by atomic mass is 16.3. The van der Waals surface area contributed by atoms with E-state index in [4.69, 9.17) is 4.42 Å². The highest BCUT2D eigenvalue weighted by Crippen LogP contribution is 2.20. The van der Waals surface area contributed by atoms with Crippen molar-refractivity contribution in [3.05, 3.63) is 83.8 Å². The SMILES string of the molecule is CC(=O)c1ccc(NC(=O)N(Cc2ccco2)Cc2ccccc2O)cc1. The van der Waals surface area contributed by atoms with Crippen LogP contribution in [0.3, 0.4) is 0 Å².